The van der Waals surface area contributed by atoms with Crippen molar-refractivity contribution in [3.63, 3.8) is 0 Å². The Balaban J connectivity index is 2.11. The summed E-state index contributed by atoms with van der Waals surface area (Å²) in [7, 11) is 0. The summed E-state index contributed by atoms with van der Waals surface area (Å²) in [5, 5.41) is 11.9. The molecular weight excluding hydrogens is 154 g/mol. The monoisotopic (exact) mass is 167 g/mol. The standard InChI is InChI=1S/C9H13NO2/c11-9(12)8-7-4-2-1-3-6(7)5-10-8/h1-2,6-8,10H,3-5H2,(H,11,12)/t6-,7-,8-/m0/s1. The summed E-state index contributed by atoms with van der Waals surface area (Å²) in [4.78, 5) is 10.8. The molecule has 0 radical (unpaired) electrons. The first-order chi connectivity index (χ1) is 5.79. The van der Waals surface area contributed by atoms with Crippen LogP contribution in [0, 0.1) is 11.8 Å². The summed E-state index contributed by atoms with van der Waals surface area (Å²) < 4.78 is 0. The lowest BCUT2D eigenvalue weighted by Crippen LogP contribution is -2.35. The van der Waals surface area contributed by atoms with E-state index >= 15 is 0 Å². The zero-order chi connectivity index (χ0) is 8.55. The molecule has 1 aliphatic carbocycles. The van der Waals surface area contributed by atoms with Crippen LogP contribution < -0.4 is 5.32 Å². The molecule has 3 heteroatoms. The van der Waals surface area contributed by atoms with E-state index in [4.69, 9.17) is 5.11 Å². The third-order valence-corrected chi connectivity index (χ3v) is 2.91. The molecule has 66 valence electrons. The average Bonchev–Trinajstić information content (AvgIpc) is 2.47. The Kier molecular flexibility index (Phi) is 1.89. The van der Waals surface area contributed by atoms with Crippen LogP contribution in [0.1, 0.15) is 12.8 Å². The molecule has 0 aromatic heterocycles. The van der Waals surface area contributed by atoms with Crippen LogP contribution >= 0.6 is 0 Å². The van der Waals surface area contributed by atoms with E-state index in [1.54, 1.807) is 0 Å². The smallest absolute Gasteiger partial charge is 0.321 e. The molecule has 3 nitrogen and oxygen atoms in total. The fourth-order valence-corrected chi connectivity index (χ4v) is 2.23. The van der Waals surface area contributed by atoms with Gasteiger partial charge in [0, 0.05) is 0 Å². The number of carboxylic acid groups (broad SMARTS) is 1. The highest BCUT2D eigenvalue weighted by Gasteiger charge is 2.39. The molecule has 1 fully saturated rings. The van der Waals surface area contributed by atoms with Gasteiger partial charge in [0.25, 0.3) is 0 Å². The van der Waals surface area contributed by atoms with Gasteiger partial charge in [-0.15, -0.1) is 0 Å². The summed E-state index contributed by atoms with van der Waals surface area (Å²) in [5.74, 6) is 0.182. The third kappa shape index (κ3) is 1.14. The van der Waals surface area contributed by atoms with Crippen LogP contribution in [0.15, 0.2) is 12.2 Å². The van der Waals surface area contributed by atoms with E-state index < -0.39 is 5.97 Å². The van der Waals surface area contributed by atoms with E-state index in [1.807, 2.05) is 0 Å². The molecule has 12 heavy (non-hydrogen) atoms. The second-order valence-corrected chi connectivity index (χ2v) is 3.59. The van der Waals surface area contributed by atoms with Gasteiger partial charge in [0.1, 0.15) is 6.04 Å². The Bertz CT molecular complexity index is 225. The quantitative estimate of drug-likeness (QED) is 0.563. The number of allylic oxidation sites excluding steroid dienone is 2. The summed E-state index contributed by atoms with van der Waals surface area (Å²) in [5.41, 5.74) is 0. The second kappa shape index (κ2) is 2.90. The zero-order valence-electron chi connectivity index (χ0n) is 6.86. The molecule has 1 heterocycles. The predicted octanol–water partition coefficient (Wildman–Crippen LogP) is 0.625. The van der Waals surface area contributed by atoms with Crippen molar-refractivity contribution in [3.8, 4) is 0 Å². The number of carbonyl (C=O) groups is 1. The van der Waals surface area contributed by atoms with Crippen molar-refractivity contribution >= 4 is 5.97 Å². The molecule has 1 saturated heterocycles. The second-order valence-electron chi connectivity index (χ2n) is 3.59. The molecule has 2 aliphatic rings. The minimum atomic E-state index is -0.696. The van der Waals surface area contributed by atoms with Gasteiger partial charge in [-0.05, 0) is 31.2 Å². The zero-order valence-corrected chi connectivity index (χ0v) is 6.86. The lowest BCUT2D eigenvalue weighted by Gasteiger charge is -2.22. The van der Waals surface area contributed by atoms with Gasteiger partial charge in [-0.3, -0.25) is 4.79 Å². The molecule has 0 aromatic rings. The van der Waals surface area contributed by atoms with Crippen LogP contribution in [0.5, 0.6) is 0 Å². The minimum absolute atomic E-state index is 0.306. The first-order valence-corrected chi connectivity index (χ1v) is 4.40. The normalized spacial score (nSPS) is 39.5. The van der Waals surface area contributed by atoms with Crippen molar-refractivity contribution < 1.29 is 9.90 Å². The summed E-state index contributed by atoms with van der Waals surface area (Å²) in [6, 6.07) is -0.306. The van der Waals surface area contributed by atoms with Crippen molar-refractivity contribution in [2.75, 3.05) is 6.54 Å². The first kappa shape index (κ1) is 7.80. The maximum atomic E-state index is 10.8. The fraction of sp³-hybridized carbons (Fsp3) is 0.667. The minimum Gasteiger partial charge on any atom is -0.480 e. The highest BCUT2D eigenvalue weighted by atomic mass is 16.4. The van der Waals surface area contributed by atoms with Gasteiger partial charge in [-0.2, -0.15) is 0 Å². The van der Waals surface area contributed by atoms with Crippen LogP contribution in [0.3, 0.4) is 0 Å². The van der Waals surface area contributed by atoms with Crippen LogP contribution in [0.25, 0.3) is 0 Å². The molecule has 0 aromatic carbocycles. The van der Waals surface area contributed by atoms with Crippen LogP contribution in [0.2, 0.25) is 0 Å². The Morgan fingerprint density at radius 1 is 1.42 bits per heavy atom. The van der Waals surface area contributed by atoms with Gasteiger partial charge in [0.15, 0.2) is 0 Å². The summed E-state index contributed by atoms with van der Waals surface area (Å²) in [6.07, 6.45) is 6.23. The van der Waals surface area contributed by atoms with Gasteiger partial charge >= 0.3 is 5.97 Å². The SMILES string of the molecule is O=C(O)[C@H]1NC[C@@H]2CC=CC[C@@H]21. The number of fused-ring (bicyclic) bond motifs is 1. The third-order valence-electron chi connectivity index (χ3n) is 2.91. The number of hydrogen-bond acceptors (Lipinski definition) is 2. The lowest BCUT2D eigenvalue weighted by atomic mass is 9.82. The van der Waals surface area contributed by atoms with Crippen molar-refractivity contribution in [2.24, 2.45) is 11.8 Å². The Morgan fingerprint density at radius 3 is 2.92 bits per heavy atom. The van der Waals surface area contributed by atoms with Crippen molar-refractivity contribution in [1.82, 2.24) is 5.32 Å². The van der Waals surface area contributed by atoms with Crippen molar-refractivity contribution in [3.05, 3.63) is 12.2 Å². The lowest BCUT2D eigenvalue weighted by molar-refractivity contribution is -0.140. The van der Waals surface area contributed by atoms with Gasteiger partial charge in [0.05, 0.1) is 0 Å². The number of rotatable bonds is 1. The first-order valence-electron chi connectivity index (χ1n) is 4.40. The molecule has 3 atom stereocenters. The number of carboxylic acids is 1. The predicted molar refractivity (Wildman–Crippen MR) is 44.8 cm³/mol. The molecule has 0 saturated carbocycles. The van der Waals surface area contributed by atoms with E-state index in [1.165, 1.54) is 0 Å². The van der Waals surface area contributed by atoms with E-state index in [0.717, 1.165) is 19.4 Å². The average molecular weight is 167 g/mol. The molecular formula is C9H13NO2. The molecule has 2 N–H and O–H groups in total. The van der Waals surface area contributed by atoms with Gasteiger partial charge in [0.2, 0.25) is 0 Å². The van der Waals surface area contributed by atoms with E-state index in [9.17, 15) is 4.79 Å². The maximum absolute atomic E-state index is 10.8. The molecule has 2 rings (SSSR count). The highest BCUT2D eigenvalue weighted by molar-refractivity contribution is 5.74. The Labute approximate surface area is 71.5 Å². The van der Waals surface area contributed by atoms with Crippen LogP contribution in [0.4, 0.5) is 0 Å². The molecule has 1 aliphatic heterocycles. The van der Waals surface area contributed by atoms with Crippen LogP contribution in [-0.2, 0) is 4.79 Å². The van der Waals surface area contributed by atoms with E-state index in [2.05, 4.69) is 17.5 Å². The van der Waals surface area contributed by atoms with E-state index in [-0.39, 0.29) is 6.04 Å². The number of aliphatic carboxylic acids is 1. The largest absolute Gasteiger partial charge is 0.480 e. The topological polar surface area (TPSA) is 49.3 Å². The molecule has 0 bridgehead atoms. The van der Waals surface area contributed by atoms with Gasteiger partial charge < -0.3 is 10.4 Å². The number of hydrogen-bond donors (Lipinski definition) is 2. The maximum Gasteiger partial charge on any atom is 0.321 e. The van der Waals surface area contributed by atoms with Crippen molar-refractivity contribution in [1.29, 1.82) is 0 Å². The van der Waals surface area contributed by atoms with Gasteiger partial charge in [-0.25, -0.2) is 0 Å². The molecule has 0 spiro atoms. The number of nitrogens with one attached hydrogen (secondary N) is 1. The Hall–Kier alpha value is -0.830. The van der Waals surface area contributed by atoms with Crippen molar-refractivity contribution in [2.45, 2.75) is 18.9 Å². The fourth-order valence-electron chi connectivity index (χ4n) is 2.23. The highest BCUT2D eigenvalue weighted by Crippen LogP contribution is 2.32. The summed E-state index contributed by atoms with van der Waals surface area (Å²) in [6.45, 7) is 0.867. The van der Waals surface area contributed by atoms with E-state index in [0.29, 0.717) is 11.8 Å². The molecule has 0 unspecified atom stereocenters. The van der Waals surface area contributed by atoms with Gasteiger partial charge in [-0.1, -0.05) is 12.2 Å². The Morgan fingerprint density at radius 2 is 2.17 bits per heavy atom. The summed E-state index contributed by atoms with van der Waals surface area (Å²) >= 11 is 0. The molecule has 0 amide bonds. The van der Waals surface area contributed by atoms with Crippen LogP contribution in [-0.4, -0.2) is 23.7 Å².